The van der Waals surface area contributed by atoms with Gasteiger partial charge in [0.05, 0.1) is 18.6 Å². The highest BCUT2D eigenvalue weighted by Gasteiger charge is 2.11. The van der Waals surface area contributed by atoms with Crippen LogP contribution in [0.2, 0.25) is 0 Å². The number of nitrogens with zero attached hydrogens (tertiary/aromatic N) is 1. The number of hydrogen-bond acceptors (Lipinski definition) is 6. The predicted molar refractivity (Wildman–Crippen MR) is 74.7 cm³/mol. The first-order chi connectivity index (χ1) is 8.96. The van der Waals surface area contributed by atoms with Gasteiger partial charge in [-0.3, -0.25) is 9.52 Å². The van der Waals surface area contributed by atoms with Crippen LogP contribution in [-0.2, 0) is 26.0 Å². The van der Waals surface area contributed by atoms with E-state index in [0.717, 1.165) is 5.69 Å². The number of nitrogens with one attached hydrogen (secondary N) is 1. The van der Waals surface area contributed by atoms with Gasteiger partial charge in [-0.1, -0.05) is 6.08 Å². The lowest BCUT2D eigenvalue weighted by Crippen LogP contribution is -2.15. The number of rotatable bonds is 8. The van der Waals surface area contributed by atoms with E-state index in [9.17, 15) is 13.2 Å². The van der Waals surface area contributed by atoms with E-state index in [1.807, 2.05) is 0 Å². The second kappa shape index (κ2) is 7.25. The zero-order chi connectivity index (χ0) is 14.3. The maximum Gasteiger partial charge on any atom is 0.305 e. The molecule has 0 aromatic carbocycles. The average molecular weight is 304 g/mol. The Labute approximate surface area is 116 Å². The van der Waals surface area contributed by atoms with Gasteiger partial charge in [0.15, 0.2) is 5.13 Å². The smallest absolute Gasteiger partial charge is 0.305 e. The third-order valence-corrected chi connectivity index (χ3v) is 4.29. The standard InChI is InChI=1S/C11H16N2O4S2/c1-3-7-19(15,16)13-11-12-9(8-18-11)5-4-6-10(14)17-2/h3,8H,1,4-7H2,2H3,(H,12,13). The van der Waals surface area contributed by atoms with Crippen molar-refractivity contribution < 1.29 is 17.9 Å². The third-order valence-electron chi connectivity index (χ3n) is 2.17. The number of ether oxygens (including phenoxy) is 1. The Morgan fingerprint density at radius 2 is 2.37 bits per heavy atom. The predicted octanol–water partition coefficient (Wildman–Crippen LogP) is 1.57. The Kier molecular flexibility index (Phi) is 5.97. The molecule has 1 rings (SSSR count). The molecule has 1 aromatic heterocycles. The van der Waals surface area contributed by atoms with Crippen molar-refractivity contribution in [2.75, 3.05) is 17.6 Å². The van der Waals surface area contributed by atoms with Crippen molar-refractivity contribution >= 4 is 32.5 Å². The molecule has 1 N–H and O–H groups in total. The summed E-state index contributed by atoms with van der Waals surface area (Å²) in [5.41, 5.74) is 0.755. The molecule has 0 saturated carbocycles. The fourth-order valence-corrected chi connectivity index (χ4v) is 3.18. The summed E-state index contributed by atoms with van der Waals surface area (Å²) in [4.78, 5) is 15.1. The molecular formula is C11H16N2O4S2. The van der Waals surface area contributed by atoms with Crippen molar-refractivity contribution in [1.29, 1.82) is 0 Å². The molecule has 0 spiro atoms. The van der Waals surface area contributed by atoms with Gasteiger partial charge >= 0.3 is 5.97 Å². The molecule has 19 heavy (non-hydrogen) atoms. The normalized spacial score (nSPS) is 11.0. The molecule has 0 bridgehead atoms. The Morgan fingerprint density at radius 3 is 3.00 bits per heavy atom. The van der Waals surface area contributed by atoms with E-state index in [1.54, 1.807) is 5.38 Å². The molecule has 0 unspecified atom stereocenters. The minimum atomic E-state index is -3.40. The number of carbonyl (C=O) groups excluding carboxylic acids is 1. The lowest BCUT2D eigenvalue weighted by atomic mass is 10.2. The summed E-state index contributed by atoms with van der Waals surface area (Å²) < 4.78 is 29.8. The lowest BCUT2D eigenvalue weighted by Gasteiger charge is -2.01. The van der Waals surface area contributed by atoms with Crippen LogP contribution in [-0.4, -0.2) is 32.2 Å². The first-order valence-corrected chi connectivity index (χ1v) is 8.12. The maximum absolute atomic E-state index is 11.5. The number of methoxy groups -OCH3 is 1. The zero-order valence-electron chi connectivity index (χ0n) is 10.6. The van der Waals surface area contributed by atoms with Crippen molar-refractivity contribution in [3.8, 4) is 0 Å². The first-order valence-electron chi connectivity index (χ1n) is 5.59. The van der Waals surface area contributed by atoms with E-state index in [-0.39, 0.29) is 11.7 Å². The summed E-state index contributed by atoms with van der Waals surface area (Å²) >= 11 is 1.21. The summed E-state index contributed by atoms with van der Waals surface area (Å²) in [5, 5.41) is 2.10. The summed E-state index contributed by atoms with van der Waals surface area (Å²) in [5.74, 6) is -0.410. The van der Waals surface area contributed by atoms with Crippen molar-refractivity contribution in [2.45, 2.75) is 19.3 Å². The van der Waals surface area contributed by atoms with Crippen molar-refractivity contribution in [2.24, 2.45) is 0 Å². The molecule has 0 amide bonds. The number of aromatic nitrogens is 1. The van der Waals surface area contributed by atoms with Gasteiger partial charge in [-0.25, -0.2) is 13.4 Å². The SMILES string of the molecule is C=CCS(=O)(=O)Nc1nc(CCCC(=O)OC)cs1. The molecule has 106 valence electrons. The largest absolute Gasteiger partial charge is 0.469 e. The minimum absolute atomic E-state index is 0.149. The van der Waals surface area contributed by atoms with Crippen LogP contribution in [0.3, 0.4) is 0 Å². The second-order valence-corrected chi connectivity index (χ2v) is 6.37. The van der Waals surface area contributed by atoms with Gasteiger partial charge < -0.3 is 4.74 Å². The molecular weight excluding hydrogens is 288 g/mol. The van der Waals surface area contributed by atoms with Crippen LogP contribution in [0, 0.1) is 0 Å². The Balaban J connectivity index is 2.49. The van der Waals surface area contributed by atoms with E-state index in [1.165, 1.54) is 24.5 Å². The van der Waals surface area contributed by atoms with Gasteiger partial charge in [-0.2, -0.15) is 0 Å². The monoisotopic (exact) mass is 304 g/mol. The van der Waals surface area contributed by atoms with Crippen molar-refractivity contribution in [3.63, 3.8) is 0 Å². The van der Waals surface area contributed by atoms with Crippen LogP contribution in [0.1, 0.15) is 18.5 Å². The van der Waals surface area contributed by atoms with Crippen LogP contribution in [0.4, 0.5) is 5.13 Å². The Bertz CT molecular complexity index is 537. The van der Waals surface area contributed by atoms with Gasteiger partial charge in [0.25, 0.3) is 0 Å². The maximum atomic E-state index is 11.5. The number of aryl methyl sites for hydroxylation is 1. The molecule has 8 heteroatoms. The second-order valence-electron chi connectivity index (χ2n) is 3.75. The van der Waals surface area contributed by atoms with Crippen LogP contribution >= 0.6 is 11.3 Å². The topological polar surface area (TPSA) is 85.4 Å². The molecule has 0 aliphatic heterocycles. The molecule has 0 aliphatic rings. The summed E-state index contributed by atoms with van der Waals surface area (Å²) in [7, 11) is -2.06. The van der Waals surface area contributed by atoms with E-state index in [0.29, 0.717) is 24.4 Å². The van der Waals surface area contributed by atoms with Crippen LogP contribution in [0.15, 0.2) is 18.0 Å². The highest BCUT2D eigenvalue weighted by atomic mass is 32.2. The summed E-state index contributed by atoms with van der Waals surface area (Å²) in [6, 6.07) is 0. The molecule has 0 radical (unpaired) electrons. The van der Waals surface area contributed by atoms with Crippen LogP contribution < -0.4 is 4.72 Å². The van der Waals surface area contributed by atoms with E-state index in [2.05, 4.69) is 21.0 Å². The molecule has 0 atom stereocenters. The van der Waals surface area contributed by atoms with Gasteiger partial charge in [-0.05, 0) is 12.8 Å². The fourth-order valence-electron chi connectivity index (χ4n) is 1.31. The lowest BCUT2D eigenvalue weighted by molar-refractivity contribution is -0.140. The van der Waals surface area contributed by atoms with Crippen molar-refractivity contribution in [1.82, 2.24) is 4.98 Å². The summed E-state index contributed by atoms with van der Waals surface area (Å²) in [6.45, 7) is 3.38. The molecule has 0 fully saturated rings. The Morgan fingerprint density at radius 1 is 1.63 bits per heavy atom. The van der Waals surface area contributed by atoms with Crippen LogP contribution in [0.25, 0.3) is 0 Å². The number of thiazole rings is 1. The van der Waals surface area contributed by atoms with Gasteiger partial charge in [0, 0.05) is 11.8 Å². The van der Waals surface area contributed by atoms with E-state index >= 15 is 0 Å². The van der Waals surface area contributed by atoms with E-state index in [4.69, 9.17) is 0 Å². The molecule has 1 aromatic rings. The quantitative estimate of drug-likeness (QED) is 0.582. The van der Waals surface area contributed by atoms with Gasteiger partial charge in [0.1, 0.15) is 0 Å². The van der Waals surface area contributed by atoms with Gasteiger partial charge in [0.2, 0.25) is 10.0 Å². The third kappa shape index (κ3) is 5.84. The average Bonchev–Trinajstić information content (AvgIpc) is 2.75. The van der Waals surface area contributed by atoms with Crippen molar-refractivity contribution in [3.05, 3.63) is 23.7 Å². The first kappa shape index (κ1) is 15.6. The number of hydrogen-bond donors (Lipinski definition) is 1. The molecule has 6 nitrogen and oxygen atoms in total. The molecule has 1 heterocycles. The highest BCUT2D eigenvalue weighted by molar-refractivity contribution is 7.93. The fraction of sp³-hybridized carbons (Fsp3) is 0.455. The molecule has 0 aliphatic carbocycles. The highest BCUT2D eigenvalue weighted by Crippen LogP contribution is 2.18. The zero-order valence-corrected chi connectivity index (χ0v) is 12.2. The molecule has 0 saturated heterocycles. The number of carbonyl (C=O) groups is 1. The number of sulfonamides is 1. The number of esters is 1. The van der Waals surface area contributed by atoms with Gasteiger partial charge in [-0.15, -0.1) is 17.9 Å². The minimum Gasteiger partial charge on any atom is -0.469 e. The Hall–Kier alpha value is -1.41. The van der Waals surface area contributed by atoms with E-state index < -0.39 is 10.0 Å². The summed E-state index contributed by atoms with van der Waals surface area (Å²) in [6.07, 6.45) is 2.86. The number of anilines is 1. The van der Waals surface area contributed by atoms with Crippen LogP contribution in [0.5, 0.6) is 0 Å².